The second kappa shape index (κ2) is 8.82. The Bertz CT molecular complexity index is 913. The lowest BCUT2D eigenvalue weighted by molar-refractivity contribution is -0.115. The van der Waals surface area contributed by atoms with E-state index in [1.54, 1.807) is 60.7 Å². The van der Waals surface area contributed by atoms with Crippen molar-refractivity contribution >= 4 is 29.1 Å². The highest BCUT2D eigenvalue weighted by molar-refractivity contribution is 6.30. The summed E-state index contributed by atoms with van der Waals surface area (Å²) in [4.78, 5) is 28.0. The SMILES string of the molecule is O=C(CNC(=O)c1ccccc1)Nc1ccc(Oc2ccc(Cl)cc2)nc1. The van der Waals surface area contributed by atoms with Crippen LogP contribution in [-0.2, 0) is 4.79 Å². The zero-order valence-electron chi connectivity index (χ0n) is 14.2. The third-order valence-electron chi connectivity index (χ3n) is 3.50. The minimum atomic E-state index is -0.354. The zero-order chi connectivity index (χ0) is 19.1. The molecule has 0 saturated carbocycles. The van der Waals surface area contributed by atoms with Crippen molar-refractivity contribution in [1.29, 1.82) is 0 Å². The number of benzene rings is 2. The van der Waals surface area contributed by atoms with Crippen molar-refractivity contribution in [2.45, 2.75) is 0 Å². The van der Waals surface area contributed by atoms with Gasteiger partial charge in [-0.05, 0) is 42.5 Å². The van der Waals surface area contributed by atoms with Crippen LogP contribution in [0.25, 0.3) is 0 Å². The van der Waals surface area contributed by atoms with Crippen molar-refractivity contribution in [3.05, 3.63) is 83.5 Å². The Kier molecular flexibility index (Phi) is 6.02. The summed E-state index contributed by atoms with van der Waals surface area (Å²) in [7, 11) is 0. The van der Waals surface area contributed by atoms with Crippen LogP contribution < -0.4 is 15.4 Å². The van der Waals surface area contributed by atoms with E-state index in [0.717, 1.165) is 0 Å². The number of aromatic nitrogens is 1. The maximum Gasteiger partial charge on any atom is 0.251 e. The third kappa shape index (κ3) is 5.55. The monoisotopic (exact) mass is 381 g/mol. The number of ether oxygens (including phenoxy) is 1. The van der Waals surface area contributed by atoms with Gasteiger partial charge in [-0.25, -0.2) is 4.98 Å². The molecule has 0 unspecified atom stereocenters. The van der Waals surface area contributed by atoms with Crippen molar-refractivity contribution in [3.63, 3.8) is 0 Å². The van der Waals surface area contributed by atoms with Gasteiger partial charge in [0.05, 0.1) is 18.4 Å². The Labute approximate surface area is 161 Å². The second-order valence-electron chi connectivity index (χ2n) is 5.54. The third-order valence-corrected chi connectivity index (χ3v) is 3.75. The van der Waals surface area contributed by atoms with Gasteiger partial charge in [0.25, 0.3) is 5.91 Å². The number of carbonyl (C=O) groups is 2. The van der Waals surface area contributed by atoms with E-state index in [0.29, 0.717) is 27.9 Å². The van der Waals surface area contributed by atoms with Gasteiger partial charge < -0.3 is 15.4 Å². The molecule has 0 aliphatic heterocycles. The van der Waals surface area contributed by atoms with Gasteiger partial charge in [-0.3, -0.25) is 9.59 Å². The quantitative estimate of drug-likeness (QED) is 0.678. The highest BCUT2D eigenvalue weighted by Gasteiger charge is 2.08. The molecule has 2 N–H and O–H groups in total. The average Bonchev–Trinajstić information content (AvgIpc) is 2.70. The lowest BCUT2D eigenvalue weighted by Gasteiger charge is -2.08. The van der Waals surface area contributed by atoms with E-state index in [4.69, 9.17) is 16.3 Å². The fraction of sp³-hybridized carbons (Fsp3) is 0.0500. The molecule has 6 nitrogen and oxygen atoms in total. The number of carbonyl (C=O) groups excluding carboxylic acids is 2. The van der Waals surface area contributed by atoms with Crippen LogP contribution in [0.15, 0.2) is 72.9 Å². The van der Waals surface area contributed by atoms with Crippen molar-refractivity contribution in [3.8, 4) is 11.6 Å². The minimum absolute atomic E-state index is 0.142. The lowest BCUT2D eigenvalue weighted by Crippen LogP contribution is -2.32. The Morgan fingerprint density at radius 2 is 1.70 bits per heavy atom. The molecule has 0 aliphatic carbocycles. The molecule has 2 aromatic carbocycles. The van der Waals surface area contributed by atoms with Crippen molar-refractivity contribution in [2.75, 3.05) is 11.9 Å². The van der Waals surface area contributed by atoms with Crippen LogP contribution in [-0.4, -0.2) is 23.3 Å². The summed E-state index contributed by atoms with van der Waals surface area (Å²) in [6.07, 6.45) is 1.47. The summed E-state index contributed by atoms with van der Waals surface area (Å²) in [5, 5.41) is 5.84. The Morgan fingerprint density at radius 3 is 2.37 bits per heavy atom. The average molecular weight is 382 g/mol. The molecule has 0 atom stereocenters. The van der Waals surface area contributed by atoms with Crippen molar-refractivity contribution < 1.29 is 14.3 Å². The first-order valence-corrected chi connectivity index (χ1v) is 8.50. The van der Waals surface area contributed by atoms with E-state index < -0.39 is 0 Å². The minimum Gasteiger partial charge on any atom is -0.439 e. The van der Waals surface area contributed by atoms with E-state index in [9.17, 15) is 9.59 Å². The summed E-state index contributed by atoms with van der Waals surface area (Å²) in [6, 6.07) is 18.9. The topological polar surface area (TPSA) is 80.3 Å². The predicted molar refractivity (Wildman–Crippen MR) is 103 cm³/mol. The highest BCUT2D eigenvalue weighted by atomic mass is 35.5. The van der Waals surface area contributed by atoms with Gasteiger partial charge in [0, 0.05) is 16.7 Å². The highest BCUT2D eigenvalue weighted by Crippen LogP contribution is 2.22. The molecule has 136 valence electrons. The molecule has 1 aromatic heterocycles. The zero-order valence-corrected chi connectivity index (χ0v) is 14.9. The molecule has 0 bridgehead atoms. The first-order valence-electron chi connectivity index (χ1n) is 8.13. The fourth-order valence-corrected chi connectivity index (χ4v) is 2.32. The van der Waals surface area contributed by atoms with E-state index in [-0.39, 0.29) is 18.4 Å². The van der Waals surface area contributed by atoms with E-state index in [1.807, 2.05) is 6.07 Å². The Hall–Kier alpha value is -3.38. The molecule has 7 heteroatoms. The van der Waals surface area contributed by atoms with E-state index >= 15 is 0 Å². The summed E-state index contributed by atoms with van der Waals surface area (Å²) < 4.78 is 5.58. The maximum absolute atomic E-state index is 12.0. The van der Waals surface area contributed by atoms with Crippen LogP contribution in [0.1, 0.15) is 10.4 Å². The molecule has 0 fully saturated rings. The molecule has 0 radical (unpaired) electrons. The molecule has 3 aromatic rings. The number of halogens is 1. The van der Waals surface area contributed by atoms with Gasteiger partial charge in [0.15, 0.2) is 0 Å². The van der Waals surface area contributed by atoms with Crippen LogP contribution in [0.2, 0.25) is 5.02 Å². The molecule has 2 amide bonds. The van der Waals surface area contributed by atoms with Gasteiger partial charge in [0.1, 0.15) is 5.75 Å². The smallest absolute Gasteiger partial charge is 0.251 e. The van der Waals surface area contributed by atoms with Crippen molar-refractivity contribution in [2.24, 2.45) is 0 Å². The van der Waals surface area contributed by atoms with Crippen molar-refractivity contribution in [1.82, 2.24) is 10.3 Å². The van der Waals surface area contributed by atoms with E-state index in [1.165, 1.54) is 6.20 Å². The number of anilines is 1. The molecule has 1 heterocycles. The number of nitrogens with zero attached hydrogens (tertiary/aromatic N) is 1. The first-order chi connectivity index (χ1) is 13.1. The Morgan fingerprint density at radius 1 is 0.963 bits per heavy atom. The molecule has 3 rings (SSSR count). The number of hydrogen-bond acceptors (Lipinski definition) is 4. The maximum atomic E-state index is 12.0. The van der Waals surface area contributed by atoms with Gasteiger partial charge >= 0.3 is 0 Å². The second-order valence-corrected chi connectivity index (χ2v) is 5.97. The summed E-state index contributed by atoms with van der Waals surface area (Å²) in [5.74, 6) is 0.322. The van der Waals surface area contributed by atoms with Crippen LogP contribution in [0, 0.1) is 0 Å². The number of rotatable bonds is 6. The van der Waals surface area contributed by atoms with Gasteiger partial charge in [-0.15, -0.1) is 0 Å². The lowest BCUT2D eigenvalue weighted by atomic mass is 10.2. The Balaban J connectivity index is 1.49. The van der Waals surface area contributed by atoms with Crippen LogP contribution in [0.5, 0.6) is 11.6 Å². The summed E-state index contributed by atoms with van der Waals surface area (Å²) in [6.45, 7) is -0.142. The summed E-state index contributed by atoms with van der Waals surface area (Å²) in [5.41, 5.74) is 0.994. The molecule has 27 heavy (non-hydrogen) atoms. The van der Waals surface area contributed by atoms with Gasteiger partial charge in [-0.1, -0.05) is 29.8 Å². The van der Waals surface area contributed by atoms with Crippen LogP contribution >= 0.6 is 11.6 Å². The standard InChI is InChI=1S/C20H16ClN3O3/c21-15-6-9-17(10-7-15)27-19-11-8-16(12-22-19)24-18(25)13-23-20(26)14-4-2-1-3-5-14/h1-12H,13H2,(H,23,26)(H,24,25). The number of pyridine rings is 1. The molecular formula is C20H16ClN3O3. The van der Waals surface area contributed by atoms with Crippen LogP contribution in [0.4, 0.5) is 5.69 Å². The molecule has 0 aliphatic rings. The number of nitrogens with one attached hydrogen (secondary N) is 2. The van der Waals surface area contributed by atoms with Crippen LogP contribution in [0.3, 0.4) is 0 Å². The summed E-state index contributed by atoms with van der Waals surface area (Å²) >= 11 is 5.83. The molecule has 0 saturated heterocycles. The normalized spacial score (nSPS) is 10.1. The fourth-order valence-electron chi connectivity index (χ4n) is 2.20. The van der Waals surface area contributed by atoms with Gasteiger partial charge in [0.2, 0.25) is 11.8 Å². The predicted octanol–water partition coefficient (Wildman–Crippen LogP) is 3.90. The molecular weight excluding hydrogens is 366 g/mol. The largest absolute Gasteiger partial charge is 0.439 e. The first kappa shape index (κ1) is 18.4. The number of amides is 2. The molecule has 0 spiro atoms. The van der Waals surface area contributed by atoms with Gasteiger partial charge in [-0.2, -0.15) is 0 Å². The number of hydrogen-bond donors (Lipinski definition) is 2. The van der Waals surface area contributed by atoms with E-state index in [2.05, 4.69) is 15.6 Å².